The van der Waals surface area contributed by atoms with E-state index in [1.54, 1.807) is 0 Å². The van der Waals surface area contributed by atoms with Gasteiger partial charge in [-0.25, -0.2) is 0 Å². The van der Waals surface area contributed by atoms with Gasteiger partial charge in [-0.1, -0.05) is 0 Å². The second kappa shape index (κ2) is 2.53. The molecule has 4 heteroatoms. The Hall–Kier alpha value is -0.290. The fraction of sp³-hybridized carbons (Fsp3) is 0.800. The molecular weight excluding hydrogens is 124 g/mol. The van der Waals surface area contributed by atoms with Gasteiger partial charge in [-0.2, -0.15) is 4.74 Å². The van der Waals surface area contributed by atoms with Crippen molar-refractivity contribution < 1.29 is 20.1 Å². The smallest absolute Gasteiger partial charge is 0.261 e. The molecule has 52 valence electrons. The molecule has 0 aliphatic carbocycles. The van der Waals surface area contributed by atoms with E-state index in [0.29, 0.717) is 0 Å². The first-order valence-electron chi connectivity index (χ1n) is 2.71. The monoisotopic (exact) mass is 133 g/mol. The van der Waals surface area contributed by atoms with E-state index in [9.17, 15) is 0 Å². The molecule has 0 radical (unpaired) electrons. The van der Waals surface area contributed by atoms with Crippen LogP contribution in [-0.4, -0.2) is 40.2 Å². The van der Waals surface area contributed by atoms with Crippen LogP contribution in [0.2, 0.25) is 0 Å². The summed E-state index contributed by atoms with van der Waals surface area (Å²) in [6.45, 7) is 0.848. The average Bonchev–Trinajstić information content (AvgIpc) is 2.15. The van der Waals surface area contributed by atoms with Gasteiger partial charge in [0, 0.05) is 0 Å². The molecule has 4 nitrogen and oxygen atoms in total. The normalized spacial score (nSPS) is 42.8. The lowest BCUT2D eigenvalue weighted by atomic mass is 10.2. The summed E-state index contributed by atoms with van der Waals surface area (Å²) in [7, 11) is 0. The first-order chi connectivity index (χ1) is 4.25. The third-order valence-electron chi connectivity index (χ3n) is 1.30. The summed E-state index contributed by atoms with van der Waals surface area (Å²) in [5.74, 6) is 0. The van der Waals surface area contributed by atoms with Gasteiger partial charge < -0.3 is 15.3 Å². The molecule has 0 bridgehead atoms. The zero-order valence-electron chi connectivity index (χ0n) is 4.77. The maximum absolute atomic E-state index is 8.89. The van der Waals surface area contributed by atoms with Crippen molar-refractivity contribution in [2.75, 3.05) is 6.61 Å². The van der Waals surface area contributed by atoms with Crippen molar-refractivity contribution in [1.82, 2.24) is 0 Å². The molecule has 0 amide bonds. The van der Waals surface area contributed by atoms with E-state index in [-0.39, 0.29) is 6.61 Å². The van der Waals surface area contributed by atoms with E-state index in [4.69, 9.17) is 15.3 Å². The third kappa shape index (κ3) is 1.16. The Bertz CT molecular complexity index is 95.0. The van der Waals surface area contributed by atoms with E-state index < -0.39 is 18.3 Å². The van der Waals surface area contributed by atoms with Crippen LogP contribution in [0, 0.1) is 6.61 Å². The van der Waals surface area contributed by atoms with Crippen LogP contribution in [0.15, 0.2) is 0 Å². The van der Waals surface area contributed by atoms with Crippen molar-refractivity contribution in [3.05, 3.63) is 6.61 Å². The topological polar surface area (TPSA) is 69.9 Å². The van der Waals surface area contributed by atoms with Gasteiger partial charge in [-0.15, -0.1) is 0 Å². The molecule has 1 aliphatic heterocycles. The highest BCUT2D eigenvalue weighted by molar-refractivity contribution is 4.89. The van der Waals surface area contributed by atoms with Gasteiger partial charge in [0.1, 0.15) is 0 Å². The van der Waals surface area contributed by atoms with Crippen molar-refractivity contribution in [1.29, 1.82) is 0 Å². The summed E-state index contributed by atoms with van der Waals surface area (Å²) < 4.78 is 4.65. The second-order valence-electron chi connectivity index (χ2n) is 1.97. The molecule has 0 unspecified atom stereocenters. The standard InChI is InChI=1S/C5H9O4/c6-1-4-5(8)3(7)2-9-4/h2-8H,1H2/q+1/t3-,4-,5+/m1/s1. The van der Waals surface area contributed by atoms with Crippen LogP contribution in [0.4, 0.5) is 0 Å². The number of hydrogen-bond acceptors (Lipinski definition) is 4. The Morgan fingerprint density at radius 3 is 2.33 bits per heavy atom. The molecular formula is C5H9O4+. The molecule has 9 heavy (non-hydrogen) atoms. The predicted molar refractivity (Wildman–Crippen MR) is 28.3 cm³/mol. The molecule has 0 aromatic heterocycles. The lowest BCUT2D eigenvalue weighted by Crippen LogP contribution is -2.31. The molecule has 1 fully saturated rings. The van der Waals surface area contributed by atoms with E-state index in [1.165, 1.54) is 0 Å². The summed E-state index contributed by atoms with van der Waals surface area (Å²) >= 11 is 0. The molecule has 0 aromatic carbocycles. The lowest BCUT2D eigenvalue weighted by molar-refractivity contribution is -0.00317. The summed E-state index contributed by atoms with van der Waals surface area (Å²) in [5.41, 5.74) is 0. The van der Waals surface area contributed by atoms with Crippen molar-refractivity contribution in [3.8, 4) is 0 Å². The SMILES string of the molecule is OC[C@H]1O[CH+][C@@H](O)[C@@H]1O. The summed E-state index contributed by atoms with van der Waals surface area (Å²) in [4.78, 5) is 0. The Kier molecular flexibility index (Phi) is 1.92. The van der Waals surface area contributed by atoms with Gasteiger partial charge in [-0.3, -0.25) is 0 Å². The zero-order valence-corrected chi connectivity index (χ0v) is 4.77. The van der Waals surface area contributed by atoms with Crippen LogP contribution in [0.1, 0.15) is 0 Å². The molecule has 1 saturated heterocycles. The fourth-order valence-corrected chi connectivity index (χ4v) is 0.713. The highest BCUT2D eigenvalue weighted by atomic mass is 16.5. The largest absolute Gasteiger partial charge is 0.393 e. The van der Waals surface area contributed by atoms with E-state index >= 15 is 0 Å². The van der Waals surface area contributed by atoms with Gasteiger partial charge in [0.2, 0.25) is 0 Å². The molecule has 3 atom stereocenters. The summed E-state index contributed by atoms with van der Waals surface area (Å²) in [6, 6.07) is 0. The maximum Gasteiger partial charge on any atom is 0.261 e. The maximum atomic E-state index is 8.89. The molecule has 1 heterocycles. The first kappa shape index (κ1) is 6.82. The number of ether oxygens (including phenoxy) is 1. The van der Waals surface area contributed by atoms with Gasteiger partial charge >= 0.3 is 0 Å². The fourth-order valence-electron chi connectivity index (χ4n) is 0.713. The van der Waals surface area contributed by atoms with Gasteiger partial charge in [0.15, 0.2) is 12.2 Å². The first-order valence-corrected chi connectivity index (χ1v) is 2.71. The van der Waals surface area contributed by atoms with Crippen LogP contribution < -0.4 is 0 Å². The van der Waals surface area contributed by atoms with Crippen molar-refractivity contribution in [3.63, 3.8) is 0 Å². The van der Waals surface area contributed by atoms with Gasteiger partial charge in [0.05, 0.1) is 6.61 Å². The van der Waals surface area contributed by atoms with Crippen LogP contribution in [-0.2, 0) is 4.74 Å². The number of aliphatic hydroxyl groups is 3. The molecule has 0 spiro atoms. The van der Waals surface area contributed by atoms with Gasteiger partial charge in [-0.05, 0) is 0 Å². The van der Waals surface area contributed by atoms with Crippen LogP contribution >= 0.6 is 0 Å². The van der Waals surface area contributed by atoms with E-state index in [0.717, 1.165) is 6.61 Å². The highest BCUT2D eigenvalue weighted by Gasteiger charge is 2.43. The van der Waals surface area contributed by atoms with Crippen molar-refractivity contribution in [2.45, 2.75) is 18.3 Å². The number of hydrogen-bond donors (Lipinski definition) is 3. The Morgan fingerprint density at radius 1 is 1.44 bits per heavy atom. The lowest BCUT2D eigenvalue weighted by Gasteiger charge is -2.04. The van der Waals surface area contributed by atoms with Gasteiger partial charge in [0.25, 0.3) is 12.7 Å². The summed E-state index contributed by atoms with van der Waals surface area (Å²) in [5, 5.41) is 26.1. The highest BCUT2D eigenvalue weighted by Crippen LogP contribution is 2.16. The molecule has 3 N–H and O–H groups in total. The second-order valence-corrected chi connectivity index (χ2v) is 1.97. The number of rotatable bonds is 1. The Labute approximate surface area is 52.7 Å². The molecule has 0 saturated carbocycles. The van der Waals surface area contributed by atoms with Crippen LogP contribution in [0.3, 0.4) is 0 Å². The molecule has 1 rings (SSSR count). The van der Waals surface area contributed by atoms with Crippen LogP contribution in [0.25, 0.3) is 0 Å². The van der Waals surface area contributed by atoms with Crippen molar-refractivity contribution >= 4 is 0 Å². The zero-order chi connectivity index (χ0) is 6.85. The minimum absolute atomic E-state index is 0.269. The Morgan fingerprint density at radius 2 is 2.11 bits per heavy atom. The summed E-state index contributed by atoms with van der Waals surface area (Å²) in [6.07, 6.45) is -2.59. The molecule has 1 aliphatic rings. The minimum atomic E-state index is -0.977. The van der Waals surface area contributed by atoms with Crippen molar-refractivity contribution in [2.24, 2.45) is 0 Å². The minimum Gasteiger partial charge on any atom is -0.393 e. The molecule has 0 aromatic rings. The Balaban J connectivity index is 2.41. The third-order valence-corrected chi connectivity index (χ3v) is 1.30. The van der Waals surface area contributed by atoms with E-state index in [2.05, 4.69) is 4.74 Å². The number of aliphatic hydroxyl groups excluding tert-OH is 3. The van der Waals surface area contributed by atoms with E-state index in [1.807, 2.05) is 0 Å². The van der Waals surface area contributed by atoms with Crippen LogP contribution in [0.5, 0.6) is 0 Å². The quantitative estimate of drug-likeness (QED) is 0.371. The average molecular weight is 133 g/mol. The predicted octanol–water partition coefficient (Wildman–Crippen LogP) is -1.74.